The van der Waals surface area contributed by atoms with E-state index in [-0.39, 0.29) is 34.4 Å². The molecule has 0 unspecified atom stereocenters. The first-order chi connectivity index (χ1) is 11.0. The molecule has 1 aliphatic rings. The Balaban J connectivity index is 2.22. The van der Waals surface area contributed by atoms with E-state index in [1.54, 1.807) is 30.3 Å². The number of halogens is 1. The van der Waals surface area contributed by atoms with Gasteiger partial charge in [-0.15, -0.1) is 0 Å². The van der Waals surface area contributed by atoms with Gasteiger partial charge in [0.05, 0.1) is 12.1 Å². The molecular weight excluding hydrogens is 338 g/mol. The minimum atomic E-state index is -3.89. The summed E-state index contributed by atoms with van der Waals surface area (Å²) in [7, 11) is -2.45. The van der Waals surface area contributed by atoms with Crippen LogP contribution < -0.4 is 9.04 Å². The van der Waals surface area contributed by atoms with E-state index >= 15 is 0 Å². The highest BCUT2D eigenvalue weighted by atomic mass is 35.5. The predicted molar refractivity (Wildman–Crippen MR) is 87.9 cm³/mol. The SMILES string of the molecule is COc1cccc2c1N(S(=O)(=O)c1ccccc1Cl)CCC2=O. The maximum atomic E-state index is 13.0. The number of fused-ring (bicyclic) bond motifs is 1. The summed E-state index contributed by atoms with van der Waals surface area (Å²) in [5.74, 6) is 0.232. The van der Waals surface area contributed by atoms with Gasteiger partial charge < -0.3 is 4.74 Å². The second kappa shape index (κ2) is 5.86. The van der Waals surface area contributed by atoms with Gasteiger partial charge >= 0.3 is 0 Å². The topological polar surface area (TPSA) is 63.7 Å². The van der Waals surface area contributed by atoms with Crippen LogP contribution in [0.1, 0.15) is 16.8 Å². The standard InChI is InChI=1S/C16H14ClNO4S/c1-22-14-7-4-5-11-13(19)9-10-18(16(11)14)23(20,21)15-8-3-2-6-12(15)17/h2-8H,9-10H2,1H3. The fourth-order valence-corrected chi connectivity index (χ4v) is 4.62. The number of rotatable bonds is 3. The molecule has 0 atom stereocenters. The van der Waals surface area contributed by atoms with E-state index in [9.17, 15) is 13.2 Å². The molecule has 1 aliphatic heterocycles. The molecule has 0 saturated carbocycles. The smallest absolute Gasteiger partial charge is 0.265 e. The quantitative estimate of drug-likeness (QED) is 0.852. The molecule has 0 radical (unpaired) electrons. The molecule has 23 heavy (non-hydrogen) atoms. The van der Waals surface area contributed by atoms with Gasteiger partial charge in [0, 0.05) is 18.5 Å². The second-order valence-corrected chi connectivity index (χ2v) is 7.28. The third kappa shape index (κ3) is 2.58. The first kappa shape index (κ1) is 15.8. The molecule has 2 aromatic carbocycles. The number of hydrogen-bond donors (Lipinski definition) is 0. The highest BCUT2D eigenvalue weighted by Gasteiger charge is 2.35. The molecule has 0 spiro atoms. The minimum absolute atomic E-state index is 0.00729. The van der Waals surface area contributed by atoms with Gasteiger partial charge in [-0.05, 0) is 24.3 Å². The van der Waals surface area contributed by atoms with Crippen LogP contribution in [0.15, 0.2) is 47.4 Å². The Morgan fingerprint density at radius 2 is 1.87 bits per heavy atom. The van der Waals surface area contributed by atoms with Crippen molar-refractivity contribution >= 4 is 33.1 Å². The number of ether oxygens (including phenoxy) is 1. The molecule has 0 fully saturated rings. The summed E-state index contributed by atoms with van der Waals surface area (Å²) in [4.78, 5) is 12.1. The van der Waals surface area contributed by atoms with Gasteiger partial charge in [0.25, 0.3) is 10.0 Å². The molecule has 0 saturated heterocycles. The fraction of sp³-hybridized carbons (Fsp3) is 0.188. The molecular formula is C16H14ClNO4S. The van der Waals surface area contributed by atoms with Gasteiger partial charge in [0.1, 0.15) is 16.3 Å². The molecule has 0 N–H and O–H groups in total. The van der Waals surface area contributed by atoms with Crippen molar-refractivity contribution in [3.8, 4) is 5.75 Å². The normalized spacial score (nSPS) is 14.5. The van der Waals surface area contributed by atoms with Crippen molar-refractivity contribution in [1.82, 2.24) is 0 Å². The first-order valence-electron chi connectivity index (χ1n) is 6.94. The third-order valence-electron chi connectivity index (χ3n) is 3.72. The molecule has 0 amide bonds. The Labute approximate surface area is 139 Å². The first-order valence-corrected chi connectivity index (χ1v) is 8.76. The number of nitrogens with zero attached hydrogens (tertiary/aromatic N) is 1. The maximum Gasteiger partial charge on any atom is 0.265 e. The number of ketones is 1. The summed E-state index contributed by atoms with van der Waals surface area (Å²) in [5, 5.41) is 0.140. The van der Waals surface area contributed by atoms with Gasteiger partial charge in [-0.2, -0.15) is 0 Å². The average molecular weight is 352 g/mol. The van der Waals surface area contributed by atoms with Crippen LogP contribution in [0.5, 0.6) is 5.75 Å². The fourth-order valence-electron chi connectivity index (χ4n) is 2.63. The van der Waals surface area contributed by atoms with E-state index < -0.39 is 10.0 Å². The van der Waals surface area contributed by atoms with Crippen molar-refractivity contribution in [2.45, 2.75) is 11.3 Å². The van der Waals surface area contributed by atoms with Crippen molar-refractivity contribution in [3.05, 3.63) is 53.1 Å². The van der Waals surface area contributed by atoms with Gasteiger partial charge in [-0.1, -0.05) is 29.8 Å². The molecule has 120 valence electrons. The van der Waals surface area contributed by atoms with Crippen LogP contribution in [0.4, 0.5) is 5.69 Å². The number of anilines is 1. The molecule has 5 nitrogen and oxygen atoms in total. The molecule has 0 aliphatic carbocycles. The van der Waals surface area contributed by atoms with Crippen LogP contribution in [-0.2, 0) is 10.0 Å². The monoisotopic (exact) mass is 351 g/mol. The van der Waals surface area contributed by atoms with Gasteiger partial charge in [0.2, 0.25) is 0 Å². The molecule has 7 heteroatoms. The Kier molecular flexibility index (Phi) is 4.04. The van der Waals surface area contributed by atoms with E-state index in [0.717, 1.165) is 0 Å². The van der Waals surface area contributed by atoms with Gasteiger partial charge in [-0.3, -0.25) is 9.10 Å². The maximum absolute atomic E-state index is 13.0. The highest BCUT2D eigenvalue weighted by Crippen LogP contribution is 2.40. The van der Waals surface area contributed by atoms with E-state index in [0.29, 0.717) is 11.3 Å². The number of Topliss-reactive ketones (excluding diaryl/α,β-unsaturated/α-hetero) is 1. The predicted octanol–water partition coefficient (Wildman–Crippen LogP) is 3.13. The summed E-state index contributed by atoms with van der Waals surface area (Å²) in [6, 6.07) is 11.1. The number of hydrogen-bond acceptors (Lipinski definition) is 4. The van der Waals surface area contributed by atoms with Crippen LogP contribution in [-0.4, -0.2) is 27.9 Å². The number of para-hydroxylation sites is 1. The van der Waals surface area contributed by atoms with Crippen LogP contribution in [0.3, 0.4) is 0 Å². The van der Waals surface area contributed by atoms with Crippen molar-refractivity contribution in [3.63, 3.8) is 0 Å². The van der Waals surface area contributed by atoms with E-state index in [1.165, 1.54) is 23.5 Å². The second-order valence-electron chi connectivity index (χ2n) is 5.04. The van der Waals surface area contributed by atoms with Crippen LogP contribution >= 0.6 is 11.6 Å². The summed E-state index contributed by atoms with van der Waals surface area (Å²) < 4.78 is 32.5. The molecule has 0 aromatic heterocycles. The summed E-state index contributed by atoms with van der Waals surface area (Å²) in [6.45, 7) is 0.0553. The molecule has 2 aromatic rings. The zero-order valence-electron chi connectivity index (χ0n) is 12.3. The lowest BCUT2D eigenvalue weighted by Crippen LogP contribution is -2.37. The van der Waals surface area contributed by atoms with E-state index in [1.807, 2.05) is 0 Å². The van der Waals surface area contributed by atoms with E-state index in [2.05, 4.69) is 0 Å². The molecule has 1 heterocycles. The minimum Gasteiger partial charge on any atom is -0.495 e. The lowest BCUT2D eigenvalue weighted by atomic mass is 10.0. The summed E-state index contributed by atoms with van der Waals surface area (Å²) >= 11 is 6.05. The molecule has 3 rings (SSSR count). The Hall–Kier alpha value is -2.05. The van der Waals surface area contributed by atoms with Crippen molar-refractivity contribution in [1.29, 1.82) is 0 Å². The highest BCUT2D eigenvalue weighted by molar-refractivity contribution is 7.93. The number of sulfonamides is 1. The average Bonchev–Trinajstić information content (AvgIpc) is 2.55. The zero-order chi connectivity index (χ0) is 16.6. The lowest BCUT2D eigenvalue weighted by Gasteiger charge is -2.31. The van der Waals surface area contributed by atoms with Crippen molar-refractivity contribution in [2.24, 2.45) is 0 Å². The van der Waals surface area contributed by atoms with Crippen molar-refractivity contribution < 1.29 is 17.9 Å². The number of benzene rings is 2. The summed E-state index contributed by atoms with van der Waals surface area (Å²) in [5.41, 5.74) is 0.609. The number of carbonyl (C=O) groups is 1. The largest absolute Gasteiger partial charge is 0.495 e. The van der Waals surface area contributed by atoms with Crippen molar-refractivity contribution in [2.75, 3.05) is 18.0 Å². The molecule has 0 bridgehead atoms. The van der Waals surface area contributed by atoms with Gasteiger partial charge in [-0.25, -0.2) is 8.42 Å². The van der Waals surface area contributed by atoms with Crippen LogP contribution in [0, 0.1) is 0 Å². The third-order valence-corrected chi connectivity index (χ3v) is 6.01. The Bertz CT molecular complexity index is 879. The number of carbonyl (C=O) groups excluding carboxylic acids is 1. The zero-order valence-corrected chi connectivity index (χ0v) is 13.9. The van der Waals surface area contributed by atoms with Gasteiger partial charge in [0.15, 0.2) is 5.78 Å². The van der Waals surface area contributed by atoms with E-state index in [4.69, 9.17) is 16.3 Å². The Morgan fingerprint density at radius 1 is 1.13 bits per heavy atom. The lowest BCUT2D eigenvalue weighted by molar-refractivity contribution is 0.0981. The number of methoxy groups -OCH3 is 1. The Morgan fingerprint density at radius 3 is 2.57 bits per heavy atom. The van der Waals surface area contributed by atoms with Crippen LogP contribution in [0.2, 0.25) is 5.02 Å². The van der Waals surface area contributed by atoms with Crippen LogP contribution in [0.25, 0.3) is 0 Å². The summed E-state index contributed by atoms with van der Waals surface area (Å²) in [6.07, 6.45) is 0.115.